The minimum Gasteiger partial charge on any atom is -0.389 e. The van der Waals surface area contributed by atoms with E-state index in [2.05, 4.69) is 34.5 Å². The standard InChI is InChI=1S/C19H28N2O2/c1-18(2,23)16-9-6-12-21(16)13-17(22)20-14-19(10-11-19)15-7-4-3-5-8-15/h3-5,7-8,16,23H,6,9-14H2,1-2H3,(H,20,22). The first-order valence-electron chi connectivity index (χ1n) is 8.69. The quantitative estimate of drug-likeness (QED) is 0.845. The van der Waals surface area contributed by atoms with Gasteiger partial charge in [0.2, 0.25) is 5.91 Å². The summed E-state index contributed by atoms with van der Waals surface area (Å²) in [6, 6.07) is 10.6. The van der Waals surface area contributed by atoms with Crippen LogP contribution in [0.2, 0.25) is 0 Å². The molecule has 2 fully saturated rings. The second kappa shape index (κ2) is 6.25. The van der Waals surface area contributed by atoms with Gasteiger partial charge in [-0.15, -0.1) is 0 Å². The van der Waals surface area contributed by atoms with Crippen molar-refractivity contribution in [1.82, 2.24) is 10.2 Å². The Balaban J connectivity index is 1.53. The maximum atomic E-state index is 12.3. The lowest BCUT2D eigenvalue weighted by molar-refractivity contribution is -0.123. The number of amides is 1. The Morgan fingerprint density at radius 2 is 2.04 bits per heavy atom. The highest BCUT2D eigenvalue weighted by Crippen LogP contribution is 2.47. The van der Waals surface area contributed by atoms with Crippen LogP contribution in [0.3, 0.4) is 0 Å². The van der Waals surface area contributed by atoms with Gasteiger partial charge in [-0.2, -0.15) is 0 Å². The van der Waals surface area contributed by atoms with Crippen molar-refractivity contribution < 1.29 is 9.90 Å². The number of hydrogen-bond acceptors (Lipinski definition) is 3. The summed E-state index contributed by atoms with van der Waals surface area (Å²) in [7, 11) is 0. The van der Waals surface area contributed by atoms with E-state index in [4.69, 9.17) is 0 Å². The highest BCUT2D eigenvalue weighted by Gasteiger charge is 2.44. The first kappa shape index (κ1) is 16.5. The largest absolute Gasteiger partial charge is 0.389 e. The molecule has 126 valence electrons. The van der Waals surface area contributed by atoms with Gasteiger partial charge in [0.1, 0.15) is 0 Å². The summed E-state index contributed by atoms with van der Waals surface area (Å²) in [6.45, 7) is 5.67. The van der Waals surface area contributed by atoms with E-state index in [1.54, 1.807) is 0 Å². The molecule has 1 aliphatic heterocycles. The maximum absolute atomic E-state index is 12.3. The van der Waals surface area contributed by atoms with Crippen molar-refractivity contribution >= 4 is 5.91 Å². The topological polar surface area (TPSA) is 52.6 Å². The lowest BCUT2D eigenvalue weighted by Crippen LogP contribution is -2.49. The van der Waals surface area contributed by atoms with E-state index in [9.17, 15) is 9.90 Å². The molecule has 1 saturated carbocycles. The van der Waals surface area contributed by atoms with Crippen molar-refractivity contribution in [3.63, 3.8) is 0 Å². The van der Waals surface area contributed by atoms with Gasteiger partial charge in [-0.05, 0) is 51.6 Å². The molecule has 0 radical (unpaired) electrons. The molecule has 1 amide bonds. The monoisotopic (exact) mass is 316 g/mol. The molecule has 0 spiro atoms. The molecule has 3 rings (SSSR count). The molecule has 0 bridgehead atoms. The fourth-order valence-corrected chi connectivity index (χ4v) is 3.83. The maximum Gasteiger partial charge on any atom is 0.234 e. The van der Waals surface area contributed by atoms with E-state index in [1.807, 2.05) is 19.9 Å². The molecule has 1 aliphatic carbocycles. The Bertz CT molecular complexity index is 546. The van der Waals surface area contributed by atoms with Crippen LogP contribution in [0.5, 0.6) is 0 Å². The fraction of sp³-hybridized carbons (Fsp3) is 0.632. The Hall–Kier alpha value is -1.39. The van der Waals surface area contributed by atoms with Crippen LogP contribution in [-0.2, 0) is 10.2 Å². The molecular weight excluding hydrogens is 288 g/mol. The van der Waals surface area contributed by atoms with E-state index in [0.717, 1.165) is 38.8 Å². The zero-order chi connectivity index (χ0) is 16.5. The van der Waals surface area contributed by atoms with Crippen molar-refractivity contribution in [3.8, 4) is 0 Å². The first-order valence-corrected chi connectivity index (χ1v) is 8.69. The lowest BCUT2D eigenvalue weighted by Gasteiger charge is -2.33. The molecule has 1 atom stereocenters. The van der Waals surface area contributed by atoms with Crippen LogP contribution >= 0.6 is 0 Å². The number of carbonyl (C=O) groups excluding carboxylic acids is 1. The minimum absolute atomic E-state index is 0.0726. The summed E-state index contributed by atoms with van der Waals surface area (Å²) in [5.41, 5.74) is 0.728. The van der Waals surface area contributed by atoms with Crippen LogP contribution in [0.4, 0.5) is 0 Å². The molecular formula is C19H28N2O2. The van der Waals surface area contributed by atoms with Crippen LogP contribution in [0, 0.1) is 0 Å². The molecule has 1 unspecified atom stereocenters. The van der Waals surface area contributed by atoms with E-state index in [0.29, 0.717) is 6.54 Å². The van der Waals surface area contributed by atoms with Gasteiger partial charge < -0.3 is 10.4 Å². The van der Waals surface area contributed by atoms with Crippen LogP contribution in [-0.4, -0.2) is 47.2 Å². The van der Waals surface area contributed by atoms with Crippen LogP contribution in [0.1, 0.15) is 45.1 Å². The number of hydrogen-bond donors (Lipinski definition) is 2. The number of benzene rings is 1. The number of aliphatic hydroxyl groups is 1. The van der Waals surface area contributed by atoms with Gasteiger partial charge in [0.05, 0.1) is 12.1 Å². The van der Waals surface area contributed by atoms with Gasteiger partial charge in [0, 0.05) is 18.0 Å². The average Bonchev–Trinajstić information content (AvgIpc) is 3.16. The number of carbonyl (C=O) groups is 1. The van der Waals surface area contributed by atoms with E-state index < -0.39 is 5.60 Å². The smallest absolute Gasteiger partial charge is 0.234 e. The predicted molar refractivity (Wildman–Crippen MR) is 91.3 cm³/mol. The number of nitrogens with zero attached hydrogens (tertiary/aromatic N) is 1. The molecule has 23 heavy (non-hydrogen) atoms. The third kappa shape index (κ3) is 3.75. The summed E-state index contributed by atoms with van der Waals surface area (Å²) >= 11 is 0. The summed E-state index contributed by atoms with van der Waals surface area (Å²) < 4.78 is 0. The van der Waals surface area contributed by atoms with Gasteiger partial charge in [0.25, 0.3) is 0 Å². The molecule has 4 heteroatoms. The van der Waals surface area contributed by atoms with Crippen LogP contribution in [0.25, 0.3) is 0 Å². The van der Waals surface area contributed by atoms with Crippen molar-refractivity contribution in [1.29, 1.82) is 0 Å². The summed E-state index contributed by atoms with van der Waals surface area (Å²) in [6.07, 6.45) is 4.31. The zero-order valence-electron chi connectivity index (χ0n) is 14.2. The SMILES string of the molecule is CC(C)(O)C1CCCN1CC(=O)NCC1(c2ccccc2)CC1. The summed E-state index contributed by atoms with van der Waals surface area (Å²) in [5, 5.41) is 13.4. The van der Waals surface area contributed by atoms with E-state index in [1.165, 1.54) is 5.56 Å². The lowest BCUT2D eigenvalue weighted by atomic mass is 9.96. The molecule has 2 aliphatic rings. The Labute approximate surface area is 138 Å². The Morgan fingerprint density at radius 3 is 2.65 bits per heavy atom. The first-order chi connectivity index (χ1) is 10.9. The molecule has 1 heterocycles. The third-order valence-electron chi connectivity index (χ3n) is 5.39. The van der Waals surface area contributed by atoms with Crippen molar-refractivity contribution in [2.24, 2.45) is 0 Å². The molecule has 1 aromatic carbocycles. The van der Waals surface area contributed by atoms with E-state index in [-0.39, 0.29) is 17.4 Å². The van der Waals surface area contributed by atoms with Gasteiger partial charge in [-0.1, -0.05) is 30.3 Å². The number of likely N-dealkylation sites (tertiary alicyclic amines) is 1. The number of nitrogens with one attached hydrogen (secondary N) is 1. The molecule has 2 N–H and O–H groups in total. The highest BCUT2D eigenvalue weighted by atomic mass is 16.3. The average molecular weight is 316 g/mol. The predicted octanol–water partition coefficient (Wildman–Crippen LogP) is 2.07. The molecule has 0 aromatic heterocycles. The van der Waals surface area contributed by atoms with Crippen molar-refractivity contribution in [2.75, 3.05) is 19.6 Å². The third-order valence-corrected chi connectivity index (χ3v) is 5.39. The van der Waals surface area contributed by atoms with Gasteiger partial charge in [-0.3, -0.25) is 9.69 Å². The summed E-state index contributed by atoms with van der Waals surface area (Å²) in [4.78, 5) is 14.5. The highest BCUT2D eigenvalue weighted by molar-refractivity contribution is 5.78. The van der Waals surface area contributed by atoms with E-state index >= 15 is 0 Å². The van der Waals surface area contributed by atoms with Gasteiger partial charge in [0.15, 0.2) is 0 Å². The molecule has 1 saturated heterocycles. The fourth-order valence-electron chi connectivity index (χ4n) is 3.83. The van der Waals surface area contributed by atoms with Crippen LogP contribution < -0.4 is 5.32 Å². The van der Waals surface area contributed by atoms with Crippen molar-refractivity contribution in [3.05, 3.63) is 35.9 Å². The Kier molecular flexibility index (Phi) is 4.47. The van der Waals surface area contributed by atoms with Crippen molar-refractivity contribution in [2.45, 2.75) is 56.6 Å². The summed E-state index contributed by atoms with van der Waals surface area (Å²) in [5.74, 6) is 0.0726. The zero-order valence-corrected chi connectivity index (χ0v) is 14.2. The second-order valence-electron chi connectivity index (χ2n) is 7.71. The second-order valence-corrected chi connectivity index (χ2v) is 7.71. The molecule has 1 aromatic rings. The Morgan fingerprint density at radius 1 is 1.35 bits per heavy atom. The van der Waals surface area contributed by atoms with Crippen LogP contribution in [0.15, 0.2) is 30.3 Å². The normalized spacial score (nSPS) is 23.7. The molecule has 4 nitrogen and oxygen atoms in total. The number of rotatable bonds is 6. The van der Waals surface area contributed by atoms with Gasteiger partial charge in [-0.25, -0.2) is 0 Å². The minimum atomic E-state index is -0.751. The van der Waals surface area contributed by atoms with Gasteiger partial charge >= 0.3 is 0 Å².